The van der Waals surface area contributed by atoms with Gasteiger partial charge in [-0.05, 0) is 43.4 Å². The average Bonchev–Trinajstić information content (AvgIpc) is 2.85. The Balaban J connectivity index is 2.16. The maximum Gasteiger partial charge on any atom is 0.166 e. The highest BCUT2D eigenvalue weighted by atomic mass is 16.1. The molecule has 3 rings (SSSR count). The minimum absolute atomic E-state index is 0.103. The number of ketones is 1. The fourth-order valence-corrected chi connectivity index (χ4v) is 3.16. The molecule has 0 radical (unpaired) electrons. The molecule has 1 aliphatic carbocycles. The van der Waals surface area contributed by atoms with Gasteiger partial charge in [0.15, 0.2) is 5.78 Å². The van der Waals surface area contributed by atoms with Crippen LogP contribution in [0.15, 0.2) is 54.3 Å². The van der Waals surface area contributed by atoms with E-state index in [1.165, 1.54) is 0 Å². The van der Waals surface area contributed by atoms with Gasteiger partial charge in [0.05, 0.1) is 5.92 Å². The van der Waals surface area contributed by atoms with E-state index in [1.54, 1.807) is 0 Å². The molecule has 2 heteroatoms. The summed E-state index contributed by atoms with van der Waals surface area (Å²) in [5.74, 6) is 0.327. The third-order valence-corrected chi connectivity index (χ3v) is 4.34. The highest BCUT2D eigenvalue weighted by Gasteiger charge is 2.34. The molecule has 1 N–H and O–H groups in total. The van der Waals surface area contributed by atoms with E-state index in [2.05, 4.69) is 17.6 Å². The first-order valence-electron chi connectivity index (χ1n) is 7.02. The summed E-state index contributed by atoms with van der Waals surface area (Å²) in [6, 6.07) is 8.15. The summed E-state index contributed by atoms with van der Waals surface area (Å²) in [4.78, 5) is 15.9. The number of nitrogens with one attached hydrogen (secondary N) is 1. The van der Waals surface area contributed by atoms with Crippen molar-refractivity contribution in [2.24, 2.45) is 5.92 Å². The van der Waals surface area contributed by atoms with Gasteiger partial charge >= 0.3 is 0 Å². The first-order valence-corrected chi connectivity index (χ1v) is 7.02. The predicted molar refractivity (Wildman–Crippen MR) is 82.7 cm³/mol. The largest absolute Gasteiger partial charge is 0.361 e. The molecule has 2 nitrogen and oxygen atoms in total. The number of H-pyrrole nitrogens is 1. The zero-order chi connectivity index (χ0) is 14.3. The van der Waals surface area contributed by atoms with Crippen molar-refractivity contribution < 1.29 is 4.79 Å². The van der Waals surface area contributed by atoms with Crippen LogP contribution in [0, 0.1) is 5.92 Å². The van der Waals surface area contributed by atoms with E-state index in [9.17, 15) is 4.79 Å². The molecule has 2 aromatic rings. The van der Waals surface area contributed by atoms with Crippen molar-refractivity contribution in [3.05, 3.63) is 59.8 Å². The molecule has 102 valence electrons. The first-order chi connectivity index (χ1) is 9.59. The van der Waals surface area contributed by atoms with Crippen LogP contribution in [0.5, 0.6) is 0 Å². The minimum Gasteiger partial charge on any atom is -0.361 e. The maximum absolute atomic E-state index is 12.7. The van der Waals surface area contributed by atoms with Crippen molar-refractivity contribution in [2.45, 2.75) is 26.2 Å². The normalized spacial score (nSPS) is 22.9. The molecule has 20 heavy (non-hydrogen) atoms. The zero-order valence-corrected chi connectivity index (χ0v) is 11.9. The van der Waals surface area contributed by atoms with E-state index in [1.807, 2.05) is 44.3 Å². The van der Waals surface area contributed by atoms with Crippen LogP contribution < -0.4 is 0 Å². The monoisotopic (exact) mass is 265 g/mol. The fraction of sp³-hybridized carbons (Fsp3) is 0.278. The van der Waals surface area contributed by atoms with Crippen molar-refractivity contribution in [2.75, 3.05) is 0 Å². The number of benzene rings is 1. The Hall–Kier alpha value is -2.09. The van der Waals surface area contributed by atoms with Crippen molar-refractivity contribution in [1.29, 1.82) is 0 Å². The summed E-state index contributed by atoms with van der Waals surface area (Å²) >= 11 is 0. The minimum atomic E-state index is -0.103. The topological polar surface area (TPSA) is 32.9 Å². The van der Waals surface area contributed by atoms with Gasteiger partial charge in [-0.15, -0.1) is 0 Å². The third kappa shape index (κ3) is 1.92. The van der Waals surface area contributed by atoms with Gasteiger partial charge in [0.2, 0.25) is 0 Å². The van der Waals surface area contributed by atoms with E-state index in [-0.39, 0.29) is 17.6 Å². The maximum atomic E-state index is 12.7. The van der Waals surface area contributed by atoms with Gasteiger partial charge < -0.3 is 4.98 Å². The Bertz CT molecular complexity index is 720. The molecule has 0 bridgehead atoms. The Labute approximate surface area is 119 Å². The summed E-state index contributed by atoms with van der Waals surface area (Å²) in [6.07, 6.45) is 4.94. The molecular weight excluding hydrogens is 246 g/mol. The highest BCUT2D eigenvalue weighted by molar-refractivity contribution is 6.03. The van der Waals surface area contributed by atoms with E-state index in [0.717, 1.165) is 34.0 Å². The molecule has 0 amide bonds. The van der Waals surface area contributed by atoms with Gasteiger partial charge in [0.25, 0.3) is 0 Å². The summed E-state index contributed by atoms with van der Waals surface area (Å²) in [5.41, 5.74) is 4.14. The lowest BCUT2D eigenvalue weighted by Gasteiger charge is -2.29. The van der Waals surface area contributed by atoms with E-state index >= 15 is 0 Å². The standard InChI is InChI=1S/C18H19NO/c1-11(2)13-9-8-12(3)18(20)17(13)15-10-19-16-7-5-4-6-14(15)16/h4-8,10,13,17,19H,1,9H2,2-3H3/t13-,17+/m0/s1. The molecule has 1 heterocycles. The molecule has 0 spiro atoms. The lowest BCUT2D eigenvalue weighted by Crippen LogP contribution is -2.26. The Morgan fingerprint density at radius 3 is 2.85 bits per heavy atom. The molecule has 0 saturated carbocycles. The molecule has 0 aliphatic heterocycles. The van der Waals surface area contributed by atoms with E-state index in [4.69, 9.17) is 0 Å². The number of carbonyl (C=O) groups is 1. The van der Waals surface area contributed by atoms with Gasteiger partial charge in [0, 0.05) is 17.1 Å². The number of carbonyl (C=O) groups excluding carboxylic acids is 1. The number of hydrogen-bond donors (Lipinski definition) is 1. The number of aromatic amines is 1. The van der Waals surface area contributed by atoms with Gasteiger partial charge in [-0.3, -0.25) is 4.79 Å². The van der Waals surface area contributed by atoms with Gasteiger partial charge in [-0.2, -0.15) is 0 Å². The van der Waals surface area contributed by atoms with Crippen LogP contribution in [-0.2, 0) is 4.79 Å². The second kappa shape index (κ2) is 4.78. The van der Waals surface area contributed by atoms with Crippen LogP contribution in [-0.4, -0.2) is 10.8 Å². The fourth-order valence-electron chi connectivity index (χ4n) is 3.16. The van der Waals surface area contributed by atoms with E-state index < -0.39 is 0 Å². The Morgan fingerprint density at radius 2 is 2.10 bits per heavy atom. The van der Waals surface area contributed by atoms with Gasteiger partial charge in [-0.25, -0.2) is 0 Å². The van der Waals surface area contributed by atoms with Gasteiger partial charge in [-0.1, -0.05) is 36.4 Å². The summed E-state index contributed by atoms with van der Waals surface area (Å²) in [7, 11) is 0. The van der Waals surface area contributed by atoms with Crippen LogP contribution >= 0.6 is 0 Å². The van der Waals surface area contributed by atoms with Crippen LogP contribution in [0.25, 0.3) is 10.9 Å². The van der Waals surface area contributed by atoms with E-state index in [0.29, 0.717) is 0 Å². The Kier molecular flexibility index (Phi) is 3.09. The SMILES string of the molecule is C=C(C)[C@@H]1CC=C(C)C(=O)[C@H]1c1c[nH]c2ccccc12. The molecule has 0 fully saturated rings. The molecule has 0 saturated heterocycles. The number of allylic oxidation sites excluding steroid dienone is 3. The van der Waals surface area contributed by atoms with Crippen molar-refractivity contribution >= 4 is 16.7 Å². The number of para-hydroxylation sites is 1. The summed E-state index contributed by atoms with van der Waals surface area (Å²) < 4.78 is 0. The first kappa shape index (κ1) is 12.9. The van der Waals surface area contributed by atoms with Gasteiger partial charge in [0.1, 0.15) is 0 Å². The Morgan fingerprint density at radius 1 is 1.35 bits per heavy atom. The lowest BCUT2D eigenvalue weighted by molar-refractivity contribution is -0.118. The molecular formula is C18H19NO. The van der Waals surface area contributed by atoms with Crippen LogP contribution in [0.2, 0.25) is 0 Å². The second-order valence-corrected chi connectivity index (χ2v) is 5.71. The molecule has 2 atom stereocenters. The summed E-state index contributed by atoms with van der Waals surface area (Å²) in [5, 5.41) is 1.15. The second-order valence-electron chi connectivity index (χ2n) is 5.71. The van der Waals surface area contributed by atoms with Crippen molar-refractivity contribution in [1.82, 2.24) is 4.98 Å². The highest BCUT2D eigenvalue weighted by Crippen LogP contribution is 2.41. The molecule has 0 unspecified atom stereocenters. The third-order valence-electron chi connectivity index (χ3n) is 4.34. The molecule has 1 aromatic carbocycles. The van der Waals surface area contributed by atoms with Crippen molar-refractivity contribution in [3.8, 4) is 0 Å². The lowest BCUT2D eigenvalue weighted by atomic mass is 9.72. The quantitative estimate of drug-likeness (QED) is 0.804. The smallest absolute Gasteiger partial charge is 0.166 e. The molecule has 1 aliphatic rings. The molecule has 1 aromatic heterocycles. The van der Waals surface area contributed by atoms with Crippen LogP contribution in [0.3, 0.4) is 0 Å². The van der Waals surface area contributed by atoms with Crippen molar-refractivity contribution in [3.63, 3.8) is 0 Å². The number of Topliss-reactive ketones (excluding diaryl/α,β-unsaturated/α-hetero) is 1. The number of aromatic nitrogens is 1. The number of hydrogen-bond acceptors (Lipinski definition) is 1. The van der Waals surface area contributed by atoms with Crippen LogP contribution in [0.4, 0.5) is 0 Å². The number of fused-ring (bicyclic) bond motifs is 1. The zero-order valence-electron chi connectivity index (χ0n) is 11.9. The number of rotatable bonds is 2. The predicted octanol–water partition coefficient (Wildman–Crippen LogP) is 4.36. The summed E-state index contributed by atoms with van der Waals surface area (Å²) in [6.45, 7) is 8.02. The average molecular weight is 265 g/mol. The van der Waals surface area contributed by atoms with Crippen LogP contribution in [0.1, 0.15) is 31.7 Å².